The van der Waals surface area contributed by atoms with Crippen molar-refractivity contribution < 1.29 is 4.79 Å². The van der Waals surface area contributed by atoms with Gasteiger partial charge in [-0.2, -0.15) is 11.8 Å². The lowest BCUT2D eigenvalue weighted by Gasteiger charge is -2.28. The molecule has 2 N–H and O–H groups in total. The van der Waals surface area contributed by atoms with E-state index >= 15 is 0 Å². The summed E-state index contributed by atoms with van der Waals surface area (Å²) < 4.78 is 0. The van der Waals surface area contributed by atoms with E-state index < -0.39 is 0 Å². The summed E-state index contributed by atoms with van der Waals surface area (Å²) in [5.41, 5.74) is 8.29. The lowest BCUT2D eigenvalue weighted by molar-refractivity contribution is 0.0751. The van der Waals surface area contributed by atoms with Crippen molar-refractivity contribution in [3.8, 4) is 0 Å². The van der Waals surface area contributed by atoms with Crippen molar-refractivity contribution in [2.24, 2.45) is 0 Å². The molecular weight excluding hydrogens is 220 g/mol. The quantitative estimate of drug-likeness (QED) is 0.811. The lowest BCUT2D eigenvalue weighted by Crippen LogP contribution is -2.39. The van der Waals surface area contributed by atoms with Gasteiger partial charge in [-0.1, -0.05) is 6.07 Å². The van der Waals surface area contributed by atoms with E-state index in [4.69, 9.17) is 5.73 Å². The van der Waals surface area contributed by atoms with Gasteiger partial charge in [0.25, 0.3) is 5.91 Å². The first-order valence-corrected chi connectivity index (χ1v) is 6.78. The number of benzene rings is 1. The van der Waals surface area contributed by atoms with Gasteiger partial charge in [0, 0.05) is 30.1 Å². The molecule has 2 rings (SSSR count). The van der Waals surface area contributed by atoms with Crippen LogP contribution in [0.15, 0.2) is 18.2 Å². The Balaban J connectivity index is 2.20. The van der Waals surface area contributed by atoms with Crippen LogP contribution in [0.2, 0.25) is 0 Å². The second-order valence-electron chi connectivity index (χ2n) is 3.95. The van der Waals surface area contributed by atoms with Crippen molar-refractivity contribution in [3.05, 3.63) is 29.3 Å². The van der Waals surface area contributed by atoms with Crippen LogP contribution in [0.1, 0.15) is 15.9 Å². The summed E-state index contributed by atoms with van der Waals surface area (Å²) in [6.45, 7) is 1.66. The van der Waals surface area contributed by atoms with Crippen LogP contribution in [-0.2, 0) is 6.42 Å². The molecule has 0 aliphatic carbocycles. The summed E-state index contributed by atoms with van der Waals surface area (Å²) in [5, 5.41) is 0. The maximum Gasteiger partial charge on any atom is 0.254 e. The first-order valence-electron chi connectivity index (χ1n) is 5.39. The second kappa shape index (κ2) is 4.78. The van der Waals surface area contributed by atoms with Crippen molar-refractivity contribution in [1.29, 1.82) is 0 Å². The molecule has 0 spiro atoms. The molecule has 0 saturated heterocycles. The molecule has 86 valence electrons. The molecule has 0 saturated carbocycles. The number of carbonyl (C=O) groups excluding carboxylic acids is 1. The summed E-state index contributed by atoms with van der Waals surface area (Å²) in [7, 11) is 0. The van der Waals surface area contributed by atoms with Crippen LogP contribution in [-0.4, -0.2) is 35.9 Å². The number of thioether (sulfide) groups is 1. The number of nitrogens with zero attached hydrogens (tertiary/aromatic N) is 1. The minimum absolute atomic E-state index is 0.127. The van der Waals surface area contributed by atoms with Crippen molar-refractivity contribution in [3.63, 3.8) is 0 Å². The predicted molar refractivity (Wildman–Crippen MR) is 68.8 cm³/mol. The number of nitrogen functional groups attached to an aromatic ring is 1. The Bertz CT molecular complexity index is 406. The molecule has 0 unspecified atom stereocenters. The van der Waals surface area contributed by atoms with Gasteiger partial charge in [-0.15, -0.1) is 0 Å². The van der Waals surface area contributed by atoms with Crippen molar-refractivity contribution in [1.82, 2.24) is 4.90 Å². The minimum atomic E-state index is 0.127. The third-order valence-corrected chi connectivity index (χ3v) is 3.46. The number of rotatable bonds is 3. The van der Waals surface area contributed by atoms with Gasteiger partial charge in [-0.3, -0.25) is 4.79 Å². The Morgan fingerprint density at radius 3 is 3.06 bits per heavy atom. The smallest absolute Gasteiger partial charge is 0.254 e. The topological polar surface area (TPSA) is 46.3 Å². The van der Waals surface area contributed by atoms with Gasteiger partial charge in [0.15, 0.2) is 0 Å². The maximum atomic E-state index is 12.1. The first-order chi connectivity index (χ1) is 7.72. The molecule has 1 aromatic rings. The van der Waals surface area contributed by atoms with Crippen LogP contribution in [0.3, 0.4) is 0 Å². The minimum Gasteiger partial charge on any atom is -0.399 e. The first kappa shape index (κ1) is 11.3. The van der Waals surface area contributed by atoms with Crippen molar-refractivity contribution >= 4 is 23.4 Å². The summed E-state index contributed by atoms with van der Waals surface area (Å²) in [6, 6.07) is 5.63. The van der Waals surface area contributed by atoms with Gasteiger partial charge in [0.1, 0.15) is 0 Å². The normalized spacial score (nSPS) is 15.1. The largest absolute Gasteiger partial charge is 0.399 e. The molecule has 1 aliphatic heterocycles. The number of hydrogen-bond acceptors (Lipinski definition) is 3. The summed E-state index contributed by atoms with van der Waals surface area (Å²) in [4.78, 5) is 14.1. The molecule has 1 heterocycles. The van der Waals surface area contributed by atoms with Crippen LogP contribution in [0.5, 0.6) is 0 Å². The van der Waals surface area contributed by atoms with Crippen LogP contribution in [0.25, 0.3) is 0 Å². The fraction of sp³-hybridized carbons (Fsp3) is 0.417. The summed E-state index contributed by atoms with van der Waals surface area (Å²) in [6.07, 6.45) is 3.00. The number of fused-ring (bicyclic) bond motifs is 1. The molecule has 4 heteroatoms. The number of anilines is 1. The number of carbonyl (C=O) groups is 1. The van der Waals surface area contributed by atoms with E-state index in [0.29, 0.717) is 5.69 Å². The van der Waals surface area contributed by atoms with E-state index in [1.165, 1.54) is 0 Å². The monoisotopic (exact) mass is 236 g/mol. The Kier molecular flexibility index (Phi) is 3.39. The van der Waals surface area contributed by atoms with E-state index in [0.717, 1.165) is 36.4 Å². The lowest BCUT2D eigenvalue weighted by atomic mass is 9.98. The highest BCUT2D eigenvalue weighted by Gasteiger charge is 2.23. The molecule has 1 amide bonds. The zero-order valence-electron chi connectivity index (χ0n) is 9.40. The molecule has 0 atom stereocenters. The fourth-order valence-electron chi connectivity index (χ4n) is 1.95. The standard InChI is InChI=1S/C12H16N2OS/c1-16-7-6-14-5-4-9-2-3-10(13)8-11(9)12(14)15/h2-3,8H,4-7,13H2,1H3. The molecular formula is C12H16N2OS. The van der Waals surface area contributed by atoms with Gasteiger partial charge in [-0.25, -0.2) is 0 Å². The highest BCUT2D eigenvalue weighted by Crippen LogP contribution is 2.21. The molecule has 3 nitrogen and oxygen atoms in total. The van der Waals surface area contributed by atoms with Crippen LogP contribution < -0.4 is 5.73 Å². The number of amides is 1. The zero-order valence-corrected chi connectivity index (χ0v) is 10.2. The molecule has 16 heavy (non-hydrogen) atoms. The molecule has 0 aromatic heterocycles. The van der Waals surface area contributed by atoms with Crippen molar-refractivity contribution in [2.75, 3.05) is 30.8 Å². The van der Waals surface area contributed by atoms with Gasteiger partial charge >= 0.3 is 0 Å². The molecule has 1 aliphatic rings. The van der Waals surface area contributed by atoms with Gasteiger partial charge < -0.3 is 10.6 Å². The van der Waals surface area contributed by atoms with E-state index in [-0.39, 0.29) is 5.91 Å². The maximum absolute atomic E-state index is 12.1. The van der Waals surface area contributed by atoms with E-state index in [1.54, 1.807) is 17.8 Å². The van der Waals surface area contributed by atoms with Crippen LogP contribution in [0.4, 0.5) is 5.69 Å². The zero-order chi connectivity index (χ0) is 11.5. The average molecular weight is 236 g/mol. The van der Waals surface area contributed by atoms with Crippen LogP contribution >= 0.6 is 11.8 Å². The van der Waals surface area contributed by atoms with E-state index in [9.17, 15) is 4.79 Å². The Morgan fingerprint density at radius 2 is 2.31 bits per heavy atom. The molecule has 0 radical (unpaired) electrons. The highest BCUT2D eigenvalue weighted by atomic mass is 32.2. The SMILES string of the molecule is CSCCN1CCc2ccc(N)cc2C1=O. The number of nitrogens with two attached hydrogens (primary N) is 1. The summed E-state index contributed by atoms with van der Waals surface area (Å²) >= 11 is 1.76. The summed E-state index contributed by atoms with van der Waals surface area (Å²) in [5.74, 6) is 1.12. The van der Waals surface area contributed by atoms with Gasteiger partial charge in [0.2, 0.25) is 0 Å². The van der Waals surface area contributed by atoms with Gasteiger partial charge in [0.05, 0.1) is 0 Å². The number of hydrogen-bond donors (Lipinski definition) is 1. The molecule has 0 fully saturated rings. The van der Waals surface area contributed by atoms with Crippen LogP contribution in [0, 0.1) is 0 Å². The third kappa shape index (κ3) is 2.16. The highest BCUT2D eigenvalue weighted by molar-refractivity contribution is 7.98. The van der Waals surface area contributed by atoms with Gasteiger partial charge in [-0.05, 0) is 30.4 Å². The molecule has 0 bridgehead atoms. The molecule has 1 aromatic carbocycles. The van der Waals surface area contributed by atoms with E-state index in [2.05, 4.69) is 6.26 Å². The Labute approximate surface area is 100.0 Å². The third-order valence-electron chi connectivity index (χ3n) is 2.87. The second-order valence-corrected chi connectivity index (χ2v) is 4.94. The van der Waals surface area contributed by atoms with Crippen molar-refractivity contribution in [2.45, 2.75) is 6.42 Å². The van der Waals surface area contributed by atoms with E-state index in [1.807, 2.05) is 17.0 Å². The fourth-order valence-corrected chi connectivity index (χ4v) is 2.36. The Hall–Kier alpha value is -1.16. The Morgan fingerprint density at radius 1 is 1.50 bits per heavy atom. The predicted octanol–water partition coefficient (Wildman–Crippen LogP) is 1.63. The average Bonchev–Trinajstić information content (AvgIpc) is 2.29.